The molecular weight excluding hydrogens is 352 g/mol. The lowest BCUT2D eigenvalue weighted by molar-refractivity contribution is 0.297. The van der Waals surface area contributed by atoms with Gasteiger partial charge in [-0.25, -0.2) is 0 Å². The summed E-state index contributed by atoms with van der Waals surface area (Å²) in [6.45, 7) is 3.44. The Morgan fingerprint density at radius 2 is 1.86 bits per heavy atom. The first-order chi connectivity index (χ1) is 10.2. The molecule has 21 heavy (non-hydrogen) atoms. The van der Waals surface area contributed by atoms with Crippen LogP contribution in [0.5, 0.6) is 11.5 Å². The molecule has 1 aliphatic rings. The van der Waals surface area contributed by atoms with Gasteiger partial charge in [-0.05, 0) is 41.8 Å². The third-order valence-electron chi connectivity index (χ3n) is 3.65. The summed E-state index contributed by atoms with van der Waals surface area (Å²) in [4.78, 5) is 0. The summed E-state index contributed by atoms with van der Waals surface area (Å²) < 4.78 is 12.5. The molecule has 0 amide bonds. The molecule has 0 saturated carbocycles. The van der Waals surface area contributed by atoms with E-state index < -0.39 is 0 Å². The Hall–Kier alpha value is -1.19. The molecule has 1 aliphatic heterocycles. The van der Waals surface area contributed by atoms with Crippen LogP contribution in [0.2, 0.25) is 0 Å². The van der Waals surface area contributed by atoms with Crippen LogP contribution >= 0.6 is 27.5 Å². The van der Waals surface area contributed by atoms with Crippen molar-refractivity contribution in [1.29, 1.82) is 0 Å². The van der Waals surface area contributed by atoms with Crippen LogP contribution in [0.4, 0.5) is 0 Å². The van der Waals surface area contributed by atoms with Gasteiger partial charge in [-0.1, -0.05) is 34.1 Å². The second-order valence-electron chi connectivity index (χ2n) is 5.07. The van der Waals surface area contributed by atoms with Gasteiger partial charge in [-0.3, -0.25) is 0 Å². The van der Waals surface area contributed by atoms with Crippen molar-refractivity contribution in [3.63, 3.8) is 0 Å². The fourth-order valence-corrected chi connectivity index (χ4v) is 3.17. The lowest BCUT2D eigenvalue weighted by atomic mass is 10.00. The van der Waals surface area contributed by atoms with Crippen LogP contribution in [-0.2, 0) is 0 Å². The van der Waals surface area contributed by atoms with Gasteiger partial charge in [0.15, 0.2) is 11.5 Å². The molecular formula is C17H16BrClO2. The monoisotopic (exact) mass is 366 g/mol. The minimum absolute atomic E-state index is 0.209. The molecule has 1 unspecified atom stereocenters. The molecule has 1 atom stereocenters. The van der Waals surface area contributed by atoms with Gasteiger partial charge in [0.25, 0.3) is 0 Å². The predicted octanol–water partition coefficient (Wildman–Crippen LogP) is 5.25. The number of halogens is 2. The van der Waals surface area contributed by atoms with Gasteiger partial charge in [0.05, 0.1) is 18.6 Å². The van der Waals surface area contributed by atoms with E-state index in [-0.39, 0.29) is 5.38 Å². The highest BCUT2D eigenvalue weighted by molar-refractivity contribution is 9.10. The van der Waals surface area contributed by atoms with Gasteiger partial charge in [0, 0.05) is 10.9 Å². The largest absolute Gasteiger partial charge is 0.490 e. The van der Waals surface area contributed by atoms with Gasteiger partial charge >= 0.3 is 0 Å². The maximum Gasteiger partial charge on any atom is 0.161 e. The van der Waals surface area contributed by atoms with Crippen molar-refractivity contribution < 1.29 is 9.47 Å². The Bertz CT molecular complexity index is 657. The first-order valence-corrected chi connectivity index (χ1v) is 8.18. The van der Waals surface area contributed by atoms with Crippen LogP contribution in [0, 0.1) is 6.92 Å². The van der Waals surface area contributed by atoms with Crippen LogP contribution in [0.3, 0.4) is 0 Å². The van der Waals surface area contributed by atoms with E-state index >= 15 is 0 Å². The Labute approximate surface area is 138 Å². The molecule has 110 valence electrons. The first-order valence-electron chi connectivity index (χ1n) is 6.95. The Kier molecular flexibility index (Phi) is 4.41. The number of rotatable bonds is 2. The van der Waals surface area contributed by atoms with Gasteiger partial charge in [0.2, 0.25) is 0 Å². The molecule has 0 fully saturated rings. The van der Waals surface area contributed by atoms with E-state index in [1.54, 1.807) is 0 Å². The molecule has 0 spiro atoms. The molecule has 0 aromatic heterocycles. The summed E-state index contributed by atoms with van der Waals surface area (Å²) in [5, 5.41) is -0.209. The average Bonchev–Trinajstić information content (AvgIpc) is 2.74. The van der Waals surface area contributed by atoms with Crippen molar-refractivity contribution in [2.24, 2.45) is 0 Å². The fraction of sp³-hybridized carbons (Fsp3) is 0.294. The quantitative estimate of drug-likeness (QED) is 0.675. The Balaban J connectivity index is 1.96. The summed E-state index contributed by atoms with van der Waals surface area (Å²) >= 11 is 10.2. The predicted molar refractivity (Wildman–Crippen MR) is 88.6 cm³/mol. The SMILES string of the molecule is Cc1c(Br)cccc1C(Cl)c1ccc2c(c1)OCCCO2. The van der Waals surface area contributed by atoms with Crippen LogP contribution < -0.4 is 9.47 Å². The highest BCUT2D eigenvalue weighted by Crippen LogP contribution is 2.38. The lowest BCUT2D eigenvalue weighted by Crippen LogP contribution is -1.99. The molecule has 0 radical (unpaired) electrons. The minimum Gasteiger partial charge on any atom is -0.490 e. The standard InChI is InChI=1S/C17H16BrClO2/c1-11-13(4-2-5-14(11)18)17(19)12-6-7-15-16(10-12)21-9-3-8-20-15/h2,4-7,10,17H,3,8-9H2,1H3. The Morgan fingerprint density at radius 3 is 2.67 bits per heavy atom. The number of alkyl halides is 1. The Morgan fingerprint density at radius 1 is 1.10 bits per heavy atom. The van der Waals surface area contributed by atoms with Crippen molar-refractivity contribution in [2.75, 3.05) is 13.2 Å². The summed E-state index contributed by atoms with van der Waals surface area (Å²) in [6.07, 6.45) is 0.902. The fourth-order valence-electron chi connectivity index (χ4n) is 2.42. The van der Waals surface area contributed by atoms with Gasteiger partial charge in [-0.15, -0.1) is 11.6 Å². The van der Waals surface area contributed by atoms with E-state index in [0.29, 0.717) is 13.2 Å². The summed E-state index contributed by atoms with van der Waals surface area (Å²) in [7, 11) is 0. The molecule has 4 heteroatoms. The first kappa shape index (κ1) is 14.7. The average molecular weight is 368 g/mol. The number of hydrogen-bond acceptors (Lipinski definition) is 2. The maximum absolute atomic E-state index is 6.67. The summed E-state index contributed by atoms with van der Waals surface area (Å²) in [6, 6.07) is 12.0. The second kappa shape index (κ2) is 6.29. The number of hydrogen-bond donors (Lipinski definition) is 0. The molecule has 1 heterocycles. The van der Waals surface area contributed by atoms with Crippen molar-refractivity contribution >= 4 is 27.5 Å². The highest BCUT2D eigenvalue weighted by atomic mass is 79.9. The zero-order valence-corrected chi connectivity index (χ0v) is 14.1. The van der Waals surface area contributed by atoms with Crippen molar-refractivity contribution in [3.05, 3.63) is 57.6 Å². The van der Waals surface area contributed by atoms with E-state index in [9.17, 15) is 0 Å². The molecule has 0 saturated heterocycles. The van der Waals surface area contributed by atoms with E-state index in [1.807, 2.05) is 30.3 Å². The zero-order valence-electron chi connectivity index (χ0n) is 11.7. The topological polar surface area (TPSA) is 18.5 Å². The molecule has 0 aliphatic carbocycles. The van der Waals surface area contributed by atoms with E-state index in [2.05, 4.69) is 28.9 Å². The van der Waals surface area contributed by atoms with Crippen LogP contribution in [0.1, 0.15) is 28.5 Å². The van der Waals surface area contributed by atoms with Crippen molar-refractivity contribution in [2.45, 2.75) is 18.7 Å². The van der Waals surface area contributed by atoms with Crippen LogP contribution in [0.25, 0.3) is 0 Å². The maximum atomic E-state index is 6.67. The number of benzene rings is 2. The second-order valence-corrected chi connectivity index (χ2v) is 6.36. The molecule has 2 aromatic rings. The molecule has 0 bridgehead atoms. The summed E-state index contributed by atoms with van der Waals surface area (Å²) in [5.74, 6) is 1.58. The number of ether oxygens (including phenoxy) is 2. The summed E-state index contributed by atoms with van der Waals surface area (Å²) in [5.41, 5.74) is 3.27. The molecule has 0 N–H and O–H groups in total. The normalized spacial score (nSPS) is 15.4. The lowest BCUT2D eigenvalue weighted by Gasteiger charge is -2.16. The smallest absolute Gasteiger partial charge is 0.161 e. The van der Waals surface area contributed by atoms with E-state index in [0.717, 1.165) is 39.1 Å². The van der Waals surface area contributed by atoms with Gasteiger partial charge < -0.3 is 9.47 Å². The van der Waals surface area contributed by atoms with Gasteiger partial charge in [0.1, 0.15) is 0 Å². The van der Waals surface area contributed by atoms with Crippen molar-refractivity contribution in [3.8, 4) is 11.5 Å². The van der Waals surface area contributed by atoms with Gasteiger partial charge in [-0.2, -0.15) is 0 Å². The molecule has 2 aromatic carbocycles. The number of fused-ring (bicyclic) bond motifs is 1. The van der Waals surface area contributed by atoms with Crippen molar-refractivity contribution in [1.82, 2.24) is 0 Å². The molecule has 2 nitrogen and oxygen atoms in total. The minimum atomic E-state index is -0.209. The molecule has 3 rings (SSSR count). The van der Waals surface area contributed by atoms with Crippen LogP contribution in [0.15, 0.2) is 40.9 Å². The van der Waals surface area contributed by atoms with E-state index in [4.69, 9.17) is 21.1 Å². The third kappa shape index (κ3) is 3.04. The van der Waals surface area contributed by atoms with Crippen LogP contribution in [-0.4, -0.2) is 13.2 Å². The third-order valence-corrected chi connectivity index (χ3v) is 4.99. The van der Waals surface area contributed by atoms with E-state index in [1.165, 1.54) is 0 Å². The zero-order chi connectivity index (χ0) is 14.8. The highest BCUT2D eigenvalue weighted by Gasteiger charge is 2.18.